The molecule has 2 aromatic carbocycles. The minimum absolute atomic E-state index is 0.00502. The van der Waals surface area contributed by atoms with Gasteiger partial charge in [0, 0.05) is 16.8 Å². The van der Waals surface area contributed by atoms with Gasteiger partial charge in [-0.15, -0.1) is 0 Å². The Morgan fingerprint density at radius 1 is 1.11 bits per heavy atom. The average Bonchev–Trinajstić information content (AvgIpc) is 2.38. The molecular formula is C14H11Cl2NO. The molecule has 0 aliphatic carbocycles. The summed E-state index contributed by atoms with van der Waals surface area (Å²) in [4.78, 5) is 4.31. The van der Waals surface area contributed by atoms with Crippen molar-refractivity contribution in [1.82, 2.24) is 0 Å². The van der Waals surface area contributed by atoms with Gasteiger partial charge >= 0.3 is 0 Å². The Balaban J connectivity index is 2.24. The minimum atomic E-state index is 0.00502. The lowest BCUT2D eigenvalue weighted by Gasteiger charge is -2.00. The molecule has 2 rings (SSSR count). The molecule has 0 aromatic heterocycles. The fourth-order valence-electron chi connectivity index (χ4n) is 1.49. The lowest BCUT2D eigenvalue weighted by molar-refractivity contribution is 0.282. The van der Waals surface area contributed by atoms with Crippen molar-refractivity contribution in [2.24, 2.45) is 4.99 Å². The number of nitrogens with zero attached hydrogens (tertiary/aromatic N) is 1. The highest BCUT2D eigenvalue weighted by molar-refractivity contribution is 6.36. The second-order valence-electron chi connectivity index (χ2n) is 3.75. The van der Waals surface area contributed by atoms with Gasteiger partial charge in [0.1, 0.15) is 0 Å². The summed E-state index contributed by atoms with van der Waals surface area (Å²) in [5, 5.41) is 10.2. The Labute approximate surface area is 116 Å². The lowest BCUT2D eigenvalue weighted by Crippen LogP contribution is -1.84. The maximum Gasteiger partial charge on any atom is 0.0682 e. The van der Waals surface area contributed by atoms with E-state index in [1.807, 2.05) is 30.3 Å². The number of aliphatic imine (C=N–C) groups is 1. The first-order chi connectivity index (χ1) is 8.69. The van der Waals surface area contributed by atoms with Crippen LogP contribution in [0.3, 0.4) is 0 Å². The van der Waals surface area contributed by atoms with E-state index in [-0.39, 0.29) is 6.61 Å². The van der Waals surface area contributed by atoms with E-state index >= 15 is 0 Å². The second kappa shape index (κ2) is 6.01. The molecule has 0 bridgehead atoms. The second-order valence-corrected chi connectivity index (χ2v) is 4.60. The Kier molecular flexibility index (Phi) is 4.37. The SMILES string of the molecule is OCc1cccc(N=Cc2ccc(Cl)cc2Cl)c1. The molecule has 0 unspecified atom stereocenters. The standard InChI is InChI=1S/C14H11Cl2NO/c15-12-5-4-11(14(16)7-12)8-17-13-3-1-2-10(6-13)9-18/h1-8,18H,9H2. The van der Waals surface area contributed by atoms with E-state index in [9.17, 15) is 0 Å². The van der Waals surface area contributed by atoms with Crippen LogP contribution in [0.5, 0.6) is 0 Å². The predicted octanol–water partition coefficient (Wildman–Crippen LogP) is 4.24. The van der Waals surface area contributed by atoms with Crippen LogP contribution in [0, 0.1) is 0 Å². The molecule has 18 heavy (non-hydrogen) atoms. The molecule has 0 saturated heterocycles. The highest BCUT2D eigenvalue weighted by Crippen LogP contribution is 2.21. The largest absolute Gasteiger partial charge is 0.392 e. The van der Waals surface area contributed by atoms with Crippen molar-refractivity contribution in [3.8, 4) is 0 Å². The van der Waals surface area contributed by atoms with Crippen LogP contribution in [0.1, 0.15) is 11.1 Å². The molecule has 0 spiro atoms. The van der Waals surface area contributed by atoms with Gasteiger partial charge in [0.15, 0.2) is 0 Å². The van der Waals surface area contributed by atoms with Crippen molar-refractivity contribution in [3.63, 3.8) is 0 Å². The van der Waals surface area contributed by atoms with Crippen LogP contribution < -0.4 is 0 Å². The summed E-state index contributed by atoms with van der Waals surface area (Å²) in [6, 6.07) is 12.6. The Bertz CT molecular complexity index is 582. The summed E-state index contributed by atoms with van der Waals surface area (Å²) in [6.07, 6.45) is 1.68. The highest BCUT2D eigenvalue weighted by Gasteiger charge is 1.98. The molecule has 0 radical (unpaired) electrons. The number of aliphatic hydroxyl groups is 1. The first kappa shape index (κ1) is 13.1. The van der Waals surface area contributed by atoms with Crippen molar-refractivity contribution in [1.29, 1.82) is 0 Å². The van der Waals surface area contributed by atoms with Gasteiger partial charge in [-0.3, -0.25) is 4.99 Å². The zero-order valence-corrected chi connectivity index (χ0v) is 11.0. The summed E-state index contributed by atoms with van der Waals surface area (Å²) in [5.74, 6) is 0. The van der Waals surface area contributed by atoms with E-state index in [0.29, 0.717) is 10.0 Å². The van der Waals surface area contributed by atoms with E-state index in [1.54, 1.807) is 18.3 Å². The minimum Gasteiger partial charge on any atom is -0.392 e. The van der Waals surface area contributed by atoms with E-state index in [1.165, 1.54) is 0 Å². The smallest absolute Gasteiger partial charge is 0.0682 e. The van der Waals surface area contributed by atoms with Gasteiger partial charge in [-0.25, -0.2) is 0 Å². The number of rotatable bonds is 3. The van der Waals surface area contributed by atoms with Crippen LogP contribution in [0.25, 0.3) is 0 Å². The van der Waals surface area contributed by atoms with Gasteiger partial charge in [-0.2, -0.15) is 0 Å². The number of hydrogen-bond donors (Lipinski definition) is 1. The molecule has 0 saturated carbocycles. The van der Waals surface area contributed by atoms with E-state index < -0.39 is 0 Å². The summed E-state index contributed by atoms with van der Waals surface area (Å²) in [7, 11) is 0. The fraction of sp³-hybridized carbons (Fsp3) is 0.0714. The quantitative estimate of drug-likeness (QED) is 0.838. The number of hydrogen-bond acceptors (Lipinski definition) is 2. The molecule has 1 N–H and O–H groups in total. The van der Waals surface area contributed by atoms with Gasteiger partial charge in [0.25, 0.3) is 0 Å². The lowest BCUT2D eigenvalue weighted by atomic mass is 10.2. The molecule has 4 heteroatoms. The van der Waals surface area contributed by atoms with E-state index in [0.717, 1.165) is 16.8 Å². The topological polar surface area (TPSA) is 32.6 Å². The van der Waals surface area contributed by atoms with Crippen LogP contribution in [0.15, 0.2) is 47.5 Å². The van der Waals surface area contributed by atoms with Crippen molar-refractivity contribution in [2.45, 2.75) is 6.61 Å². The van der Waals surface area contributed by atoms with Gasteiger partial charge < -0.3 is 5.11 Å². The van der Waals surface area contributed by atoms with Gasteiger partial charge in [0.2, 0.25) is 0 Å². The Morgan fingerprint density at radius 2 is 1.94 bits per heavy atom. The van der Waals surface area contributed by atoms with Crippen molar-refractivity contribution < 1.29 is 5.11 Å². The third kappa shape index (κ3) is 3.33. The first-order valence-corrected chi connectivity index (χ1v) is 6.13. The zero-order chi connectivity index (χ0) is 13.0. The zero-order valence-electron chi connectivity index (χ0n) is 9.48. The maximum absolute atomic E-state index is 9.03. The van der Waals surface area contributed by atoms with Gasteiger partial charge in [-0.05, 0) is 29.8 Å². The summed E-state index contributed by atoms with van der Waals surface area (Å²) in [6.45, 7) is 0.00502. The number of benzene rings is 2. The van der Waals surface area contributed by atoms with Crippen molar-refractivity contribution >= 4 is 35.1 Å². The summed E-state index contributed by atoms with van der Waals surface area (Å²) in [5.41, 5.74) is 2.40. The molecule has 0 fully saturated rings. The van der Waals surface area contributed by atoms with Crippen LogP contribution in [-0.2, 0) is 6.61 Å². The predicted molar refractivity (Wildman–Crippen MR) is 76.1 cm³/mol. The van der Waals surface area contributed by atoms with Crippen molar-refractivity contribution in [3.05, 3.63) is 63.6 Å². The van der Waals surface area contributed by atoms with Crippen molar-refractivity contribution in [2.75, 3.05) is 0 Å². The first-order valence-electron chi connectivity index (χ1n) is 5.38. The maximum atomic E-state index is 9.03. The molecule has 92 valence electrons. The van der Waals surface area contributed by atoms with Crippen LogP contribution in [-0.4, -0.2) is 11.3 Å². The Hall–Kier alpha value is -1.35. The normalized spacial score (nSPS) is 11.1. The summed E-state index contributed by atoms with van der Waals surface area (Å²) >= 11 is 11.9. The molecular weight excluding hydrogens is 269 g/mol. The van der Waals surface area contributed by atoms with Gasteiger partial charge in [-0.1, -0.05) is 41.4 Å². The molecule has 0 aliphatic rings. The molecule has 0 atom stereocenters. The monoisotopic (exact) mass is 279 g/mol. The third-order valence-corrected chi connectivity index (χ3v) is 2.97. The molecule has 2 nitrogen and oxygen atoms in total. The molecule has 2 aromatic rings. The molecule has 0 amide bonds. The molecule has 0 heterocycles. The number of halogens is 2. The van der Waals surface area contributed by atoms with Gasteiger partial charge in [0.05, 0.1) is 17.3 Å². The van der Waals surface area contributed by atoms with E-state index in [2.05, 4.69) is 4.99 Å². The summed E-state index contributed by atoms with van der Waals surface area (Å²) < 4.78 is 0. The average molecular weight is 280 g/mol. The van der Waals surface area contributed by atoms with Crippen LogP contribution in [0.2, 0.25) is 10.0 Å². The third-order valence-electron chi connectivity index (χ3n) is 2.41. The fourth-order valence-corrected chi connectivity index (χ4v) is 1.94. The van der Waals surface area contributed by atoms with Crippen LogP contribution >= 0.6 is 23.2 Å². The Morgan fingerprint density at radius 3 is 2.67 bits per heavy atom. The van der Waals surface area contributed by atoms with Crippen LogP contribution in [0.4, 0.5) is 5.69 Å². The molecule has 0 aliphatic heterocycles. The highest BCUT2D eigenvalue weighted by atomic mass is 35.5. The number of aliphatic hydroxyl groups excluding tert-OH is 1. The van der Waals surface area contributed by atoms with E-state index in [4.69, 9.17) is 28.3 Å².